The van der Waals surface area contributed by atoms with Crippen LogP contribution in [0.4, 0.5) is 0 Å². The minimum absolute atomic E-state index is 0.123. The minimum atomic E-state index is -0.707. The quantitative estimate of drug-likeness (QED) is 0.535. The second kappa shape index (κ2) is 7.88. The zero-order chi connectivity index (χ0) is 18.7. The predicted octanol–water partition coefficient (Wildman–Crippen LogP) is 3.02. The highest BCUT2D eigenvalue weighted by atomic mass is 16.7. The van der Waals surface area contributed by atoms with Crippen molar-refractivity contribution in [1.29, 1.82) is 0 Å². The first-order valence-corrected chi connectivity index (χ1v) is 9.34. The van der Waals surface area contributed by atoms with E-state index in [1.54, 1.807) is 13.0 Å². The van der Waals surface area contributed by atoms with Crippen LogP contribution >= 0.6 is 0 Å². The van der Waals surface area contributed by atoms with Crippen LogP contribution in [-0.4, -0.2) is 38.4 Å². The number of carbonyl (C=O) groups is 1. The molecule has 0 amide bonds. The third-order valence-corrected chi connectivity index (χ3v) is 4.96. The van der Waals surface area contributed by atoms with Crippen molar-refractivity contribution in [3.63, 3.8) is 0 Å². The molecule has 27 heavy (non-hydrogen) atoms. The maximum atomic E-state index is 11.4. The molecule has 7 heteroatoms. The third-order valence-electron chi connectivity index (χ3n) is 4.96. The molecule has 1 fully saturated rings. The molecule has 1 saturated heterocycles. The maximum absolute atomic E-state index is 11.4. The smallest absolute Gasteiger partial charge is 0.330 e. The molecule has 0 N–H and O–H groups in total. The molecular weight excluding hydrogens is 352 g/mol. The molecule has 1 aromatic carbocycles. The topological polar surface area (TPSA) is 72.5 Å². The zero-order valence-corrected chi connectivity index (χ0v) is 15.4. The number of esters is 1. The average molecular weight is 376 g/mol. The molecule has 1 atom stereocenters. The molecule has 3 heterocycles. The Morgan fingerprint density at radius 1 is 1.26 bits per heavy atom. The molecule has 0 radical (unpaired) electrons. The lowest BCUT2D eigenvalue weighted by Gasteiger charge is -2.29. The fourth-order valence-electron chi connectivity index (χ4n) is 3.69. The number of fused-ring (bicyclic) bond motifs is 2. The summed E-state index contributed by atoms with van der Waals surface area (Å²) in [4.78, 5) is 11.4. The predicted molar refractivity (Wildman–Crippen MR) is 94.4 cm³/mol. The van der Waals surface area contributed by atoms with Crippen LogP contribution in [0.3, 0.4) is 0 Å². The third kappa shape index (κ3) is 3.95. The lowest BCUT2D eigenvalue weighted by atomic mass is 9.96. The standard InChI is InChI=1S/C20H24O7/c1-2-22-19(21)5-3-4-6-20(26-7-8-27-20)11-18-15-10-17-16(24-13-25-17)9-14(15)12-23-18/h3,5,9-10,18H,2,4,6-8,11-13H2,1H3/b5-3+. The fourth-order valence-corrected chi connectivity index (χ4v) is 3.69. The van der Waals surface area contributed by atoms with Crippen LogP contribution < -0.4 is 9.47 Å². The Morgan fingerprint density at radius 2 is 2.04 bits per heavy atom. The van der Waals surface area contributed by atoms with Gasteiger partial charge in [0.25, 0.3) is 0 Å². The summed E-state index contributed by atoms with van der Waals surface area (Å²) in [6.45, 7) is 4.07. The van der Waals surface area contributed by atoms with E-state index in [0.717, 1.165) is 22.6 Å². The van der Waals surface area contributed by atoms with E-state index in [-0.39, 0.29) is 18.9 Å². The monoisotopic (exact) mass is 376 g/mol. The van der Waals surface area contributed by atoms with Crippen molar-refractivity contribution in [2.45, 2.75) is 44.7 Å². The fraction of sp³-hybridized carbons (Fsp3) is 0.550. The molecule has 0 aromatic heterocycles. The van der Waals surface area contributed by atoms with Gasteiger partial charge in [0.15, 0.2) is 17.3 Å². The second-order valence-electron chi connectivity index (χ2n) is 6.71. The number of ether oxygens (including phenoxy) is 6. The van der Waals surface area contributed by atoms with Gasteiger partial charge in [0.1, 0.15) is 0 Å². The van der Waals surface area contributed by atoms with Crippen molar-refractivity contribution >= 4 is 5.97 Å². The zero-order valence-electron chi connectivity index (χ0n) is 15.4. The summed E-state index contributed by atoms with van der Waals surface area (Å²) < 4.78 is 33.7. The highest BCUT2D eigenvalue weighted by Crippen LogP contribution is 2.45. The lowest BCUT2D eigenvalue weighted by Crippen LogP contribution is -2.32. The summed E-state index contributed by atoms with van der Waals surface area (Å²) in [5.74, 6) is 0.486. The van der Waals surface area contributed by atoms with Crippen LogP contribution in [0.2, 0.25) is 0 Å². The molecule has 1 unspecified atom stereocenters. The number of allylic oxidation sites excluding steroid dienone is 1. The maximum Gasteiger partial charge on any atom is 0.330 e. The second-order valence-corrected chi connectivity index (χ2v) is 6.71. The van der Waals surface area contributed by atoms with Crippen molar-refractivity contribution in [1.82, 2.24) is 0 Å². The van der Waals surface area contributed by atoms with E-state index in [1.807, 2.05) is 12.1 Å². The van der Waals surface area contributed by atoms with Gasteiger partial charge in [-0.2, -0.15) is 0 Å². The number of carbonyl (C=O) groups excluding carboxylic acids is 1. The molecule has 1 aromatic rings. The largest absolute Gasteiger partial charge is 0.463 e. The van der Waals surface area contributed by atoms with Gasteiger partial charge in [-0.25, -0.2) is 4.79 Å². The van der Waals surface area contributed by atoms with E-state index < -0.39 is 5.79 Å². The van der Waals surface area contributed by atoms with E-state index in [2.05, 4.69) is 0 Å². The van der Waals surface area contributed by atoms with Gasteiger partial charge in [0.2, 0.25) is 6.79 Å². The van der Waals surface area contributed by atoms with Crippen LogP contribution in [0.15, 0.2) is 24.3 Å². The first-order valence-electron chi connectivity index (χ1n) is 9.34. The Morgan fingerprint density at radius 3 is 2.81 bits per heavy atom. The molecule has 0 bridgehead atoms. The van der Waals surface area contributed by atoms with Crippen molar-refractivity contribution in [3.05, 3.63) is 35.4 Å². The molecule has 0 saturated carbocycles. The normalized spacial score (nSPS) is 22.3. The van der Waals surface area contributed by atoms with Crippen LogP contribution in [0.25, 0.3) is 0 Å². The molecule has 0 aliphatic carbocycles. The molecule has 146 valence electrons. The van der Waals surface area contributed by atoms with Gasteiger partial charge >= 0.3 is 5.97 Å². The number of hydrogen-bond donors (Lipinski definition) is 0. The SMILES string of the molecule is CCOC(=O)/C=C/CCC1(CC2OCc3cc4c(cc32)OCO4)OCCO1. The van der Waals surface area contributed by atoms with Crippen molar-refractivity contribution < 1.29 is 33.2 Å². The molecule has 4 rings (SSSR count). The first-order chi connectivity index (χ1) is 13.2. The van der Waals surface area contributed by atoms with Crippen molar-refractivity contribution in [3.8, 4) is 11.5 Å². The summed E-state index contributed by atoms with van der Waals surface area (Å²) in [6, 6.07) is 3.99. The van der Waals surface area contributed by atoms with Crippen molar-refractivity contribution in [2.24, 2.45) is 0 Å². The highest BCUT2D eigenvalue weighted by molar-refractivity contribution is 5.81. The molecule has 3 aliphatic rings. The van der Waals surface area contributed by atoms with Gasteiger partial charge in [-0.05, 0) is 36.6 Å². The Balaban J connectivity index is 1.42. The summed E-state index contributed by atoms with van der Waals surface area (Å²) in [7, 11) is 0. The van der Waals surface area contributed by atoms with Gasteiger partial charge in [-0.3, -0.25) is 0 Å². The van der Waals surface area contributed by atoms with Gasteiger partial charge in [0.05, 0.1) is 32.5 Å². The van der Waals surface area contributed by atoms with E-state index in [0.29, 0.717) is 45.7 Å². The molecule has 0 spiro atoms. The first kappa shape index (κ1) is 18.3. The van der Waals surface area contributed by atoms with Crippen LogP contribution in [0.1, 0.15) is 43.4 Å². The summed E-state index contributed by atoms with van der Waals surface area (Å²) >= 11 is 0. The lowest BCUT2D eigenvalue weighted by molar-refractivity contribution is -0.185. The van der Waals surface area contributed by atoms with Gasteiger partial charge in [-0.15, -0.1) is 0 Å². The van der Waals surface area contributed by atoms with Crippen LogP contribution in [0.5, 0.6) is 11.5 Å². The summed E-state index contributed by atoms with van der Waals surface area (Å²) in [5.41, 5.74) is 2.21. The van der Waals surface area contributed by atoms with E-state index in [4.69, 9.17) is 28.4 Å². The Hall–Kier alpha value is -2.09. The molecule has 3 aliphatic heterocycles. The number of hydrogen-bond acceptors (Lipinski definition) is 7. The molecule has 7 nitrogen and oxygen atoms in total. The highest BCUT2D eigenvalue weighted by Gasteiger charge is 2.41. The van der Waals surface area contributed by atoms with E-state index >= 15 is 0 Å². The Labute approximate surface area is 158 Å². The number of benzene rings is 1. The van der Waals surface area contributed by atoms with Crippen molar-refractivity contribution in [2.75, 3.05) is 26.6 Å². The Kier molecular flexibility index (Phi) is 5.33. The average Bonchev–Trinajstić information content (AvgIpc) is 3.38. The van der Waals surface area contributed by atoms with Gasteiger partial charge in [0, 0.05) is 18.9 Å². The van der Waals surface area contributed by atoms with Crippen LogP contribution in [-0.2, 0) is 30.3 Å². The Bertz CT molecular complexity index is 721. The van der Waals surface area contributed by atoms with E-state index in [9.17, 15) is 4.79 Å². The van der Waals surface area contributed by atoms with E-state index in [1.165, 1.54) is 6.08 Å². The summed E-state index contributed by atoms with van der Waals surface area (Å²) in [5, 5.41) is 0. The van der Waals surface area contributed by atoms with Gasteiger partial charge in [-0.1, -0.05) is 6.08 Å². The van der Waals surface area contributed by atoms with Crippen LogP contribution in [0, 0.1) is 0 Å². The van der Waals surface area contributed by atoms with Gasteiger partial charge < -0.3 is 28.4 Å². The minimum Gasteiger partial charge on any atom is -0.463 e. The number of rotatable bonds is 7. The molecular formula is C20H24O7. The summed E-state index contributed by atoms with van der Waals surface area (Å²) in [6.07, 6.45) is 5.01.